The van der Waals surface area contributed by atoms with Crippen LogP contribution in [0.15, 0.2) is 0 Å². The van der Waals surface area contributed by atoms with E-state index in [1.54, 1.807) is 0 Å². The molecular weight excluding hydrogens is 148 g/mol. The van der Waals surface area contributed by atoms with Gasteiger partial charge in [0.05, 0.1) is 0 Å². The Balaban J connectivity index is 2.22. The molecule has 1 fully saturated rings. The first-order valence-corrected chi connectivity index (χ1v) is 5.18. The van der Waals surface area contributed by atoms with Crippen LogP contribution in [0.2, 0.25) is 0 Å². The number of rotatable bonds is 3. The molecule has 1 aliphatic rings. The maximum atomic E-state index is 3.46. The Morgan fingerprint density at radius 2 is 2.33 bits per heavy atom. The molecule has 2 nitrogen and oxygen atoms in total. The summed E-state index contributed by atoms with van der Waals surface area (Å²) in [6, 6.07) is 0.683. The highest BCUT2D eigenvalue weighted by atomic mass is 15.2. The quantitative estimate of drug-likeness (QED) is 0.687. The van der Waals surface area contributed by atoms with Crippen LogP contribution in [0.4, 0.5) is 0 Å². The lowest BCUT2D eigenvalue weighted by Gasteiger charge is -2.33. The highest BCUT2D eigenvalue weighted by Crippen LogP contribution is 2.06. The van der Waals surface area contributed by atoms with Crippen LogP contribution in [0, 0.1) is 5.92 Å². The highest BCUT2D eigenvalue weighted by molar-refractivity contribution is 4.75. The number of hydrogen-bond donors (Lipinski definition) is 1. The molecule has 0 bridgehead atoms. The van der Waals surface area contributed by atoms with Crippen molar-refractivity contribution in [1.29, 1.82) is 0 Å². The van der Waals surface area contributed by atoms with Gasteiger partial charge in [-0.05, 0) is 12.8 Å². The molecule has 0 aromatic rings. The normalized spacial score (nSPS) is 28.8. The van der Waals surface area contributed by atoms with Crippen LogP contribution in [0.3, 0.4) is 0 Å². The predicted molar refractivity (Wildman–Crippen MR) is 53.4 cm³/mol. The van der Waals surface area contributed by atoms with Crippen LogP contribution >= 0.6 is 0 Å². The molecule has 72 valence electrons. The van der Waals surface area contributed by atoms with E-state index in [1.165, 1.54) is 26.1 Å². The Morgan fingerprint density at radius 3 is 2.92 bits per heavy atom. The number of nitrogens with zero attached hydrogens (tertiary/aromatic N) is 1. The first-order valence-electron chi connectivity index (χ1n) is 5.18. The zero-order chi connectivity index (χ0) is 8.97. The fourth-order valence-electron chi connectivity index (χ4n) is 1.75. The summed E-state index contributed by atoms with van der Waals surface area (Å²) in [5.74, 6) is 0.857. The van der Waals surface area contributed by atoms with Crippen molar-refractivity contribution in [2.45, 2.75) is 33.2 Å². The molecule has 0 radical (unpaired) electrons. The summed E-state index contributed by atoms with van der Waals surface area (Å²) in [4.78, 5) is 2.58. The van der Waals surface area contributed by atoms with Gasteiger partial charge in [-0.15, -0.1) is 0 Å². The predicted octanol–water partition coefficient (Wildman–Crippen LogP) is 1.33. The van der Waals surface area contributed by atoms with Gasteiger partial charge in [0.2, 0.25) is 0 Å². The molecule has 1 aliphatic heterocycles. The Labute approximate surface area is 76.3 Å². The van der Waals surface area contributed by atoms with Crippen LogP contribution < -0.4 is 5.32 Å². The number of nitrogens with one attached hydrogen (secondary N) is 1. The second-order valence-corrected chi connectivity index (χ2v) is 4.13. The van der Waals surface area contributed by atoms with Gasteiger partial charge in [0.1, 0.15) is 0 Å². The van der Waals surface area contributed by atoms with Crippen molar-refractivity contribution >= 4 is 0 Å². The Kier molecular flexibility index (Phi) is 4.02. The molecule has 2 unspecified atom stereocenters. The van der Waals surface area contributed by atoms with Crippen molar-refractivity contribution in [1.82, 2.24) is 10.2 Å². The van der Waals surface area contributed by atoms with E-state index < -0.39 is 0 Å². The van der Waals surface area contributed by atoms with E-state index in [0.29, 0.717) is 6.04 Å². The zero-order valence-electron chi connectivity index (χ0n) is 8.64. The van der Waals surface area contributed by atoms with Gasteiger partial charge in [0, 0.05) is 32.2 Å². The van der Waals surface area contributed by atoms with Crippen molar-refractivity contribution in [2.75, 3.05) is 26.2 Å². The monoisotopic (exact) mass is 170 g/mol. The minimum absolute atomic E-state index is 0.683. The summed E-state index contributed by atoms with van der Waals surface area (Å²) < 4.78 is 0. The maximum absolute atomic E-state index is 3.46. The first kappa shape index (κ1) is 10.0. The Bertz CT molecular complexity index is 125. The maximum Gasteiger partial charge on any atom is 0.0167 e. The Morgan fingerprint density at radius 1 is 1.58 bits per heavy atom. The number of piperazine rings is 1. The highest BCUT2D eigenvalue weighted by Gasteiger charge is 2.16. The lowest BCUT2D eigenvalue weighted by molar-refractivity contribution is 0.182. The van der Waals surface area contributed by atoms with Gasteiger partial charge in [-0.2, -0.15) is 0 Å². The third-order valence-electron chi connectivity index (χ3n) is 2.72. The van der Waals surface area contributed by atoms with Gasteiger partial charge in [-0.1, -0.05) is 20.3 Å². The first-order chi connectivity index (χ1) is 5.72. The molecule has 1 heterocycles. The molecule has 2 atom stereocenters. The van der Waals surface area contributed by atoms with E-state index in [0.717, 1.165) is 12.5 Å². The minimum Gasteiger partial charge on any atom is -0.312 e. The van der Waals surface area contributed by atoms with Crippen molar-refractivity contribution in [3.8, 4) is 0 Å². The molecule has 0 aromatic heterocycles. The van der Waals surface area contributed by atoms with Crippen molar-refractivity contribution in [2.24, 2.45) is 5.92 Å². The van der Waals surface area contributed by atoms with Crippen LogP contribution in [-0.4, -0.2) is 37.1 Å². The molecule has 0 aliphatic carbocycles. The molecule has 12 heavy (non-hydrogen) atoms. The largest absolute Gasteiger partial charge is 0.312 e. The molecule has 1 saturated heterocycles. The lowest BCUT2D eigenvalue weighted by Crippen LogP contribution is -2.50. The third kappa shape index (κ3) is 3.11. The van der Waals surface area contributed by atoms with E-state index in [1.807, 2.05) is 0 Å². The second-order valence-electron chi connectivity index (χ2n) is 4.13. The lowest BCUT2D eigenvalue weighted by atomic mass is 10.1. The summed E-state index contributed by atoms with van der Waals surface area (Å²) in [7, 11) is 0. The second kappa shape index (κ2) is 4.83. The molecule has 0 saturated carbocycles. The molecular formula is C10H22N2. The molecule has 0 aromatic carbocycles. The fourth-order valence-corrected chi connectivity index (χ4v) is 1.75. The SMILES string of the molecule is CCC(C)CN1CCNC(C)C1. The van der Waals surface area contributed by atoms with Gasteiger partial charge in [-0.25, -0.2) is 0 Å². The van der Waals surface area contributed by atoms with E-state index in [2.05, 4.69) is 31.0 Å². The topological polar surface area (TPSA) is 15.3 Å². The fraction of sp³-hybridized carbons (Fsp3) is 1.00. The van der Waals surface area contributed by atoms with E-state index in [9.17, 15) is 0 Å². The number of hydrogen-bond acceptors (Lipinski definition) is 2. The zero-order valence-corrected chi connectivity index (χ0v) is 8.64. The van der Waals surface area contributed by atoms with Gasteiger partial charge in [0.15, 0.2) is 0 Å². The molecule has 0 amide bonds. The van der Waals surface area contributed by atoms with Crippen molar-refractivity contribution in [3.05, 3.63) is 0 Å². The summed E-state index contributed by atoms with van der Waals surface area (Å²) in [6.07, 6.45) is 1.30. The average molecular weight is 170 g/mol. The van der Waals surface area contributed by atoms with Gasteiger partial charge in [0.25, 0.3) is 0 Å². The van der Waals surface area contributed by atoms with E-state index in [4.69, 9.17) is 0 Å². The van der Waals surface area contributed by atoms with Crippen LogP contribution in [0.5, 0.6) is 0 Å². The van der Waals surface area contributed by atoms with Gasteiger partial charge < -0.3 is 10.2 Å². The summed E-state index contributed by atoms with van der Waals surface area (Å²) in [5, 5.41) is 3.46. The smallest absolute Gasteiger partial charge is 0.0167 e. The van der Waals surface area contributed by atoms with E-state index in [-0.39, 0.29) is 0 Å². The van der Waals surface area contributed by atoms with Crippen molar-refractivity contribution < 1.29 is 0 Å². The third-order valence-corrected chi connectivity index (χ3v) is 2.72. The molecule has 2 heteroatoms. The van der Waals surface area contributed by atoms with Crippen LogP contribution in [-0.2, 0) is 0 Å². The van der Waals surface area contributed by atoms with Crippen LogP contribution in [0.1, 0.15) is 27.2 Å². The summed E-state index contributed by atoms with van der Waals surface area (Å²) >= 11 is 0. The summed E-state index contributed by atoms with van der Waals surface area (Å²) in [6.45, 7) is 11.8. The van der Waals surface area contributed by atoms with Gasteiger partial charge in [-0.3, -0.25) is 0 Å². The standard InChI is InChI=1S/C10H22N2/c1-4-9(2)7-12-6-5-11-10(3)8-12/h9-11H,4-8H2,1-3H3. The van der Waals surface area contributed by atoms with Gasteiger partial charge >= 0.3 is 0 Å². The molecule has 0 spiro atoms. The Hall–Kier alpha value is -0.0800. The van der Waals surface area contributed by atoms with Crippen molar-refractivity contribution in [3.63, 3.8) is 0 Å². The molecule has 1 N–H and O–H groups in total. The average Bonchev–Trinajstić information content (AvgIpc) is 2.04. The summed E-state index contributed by atoms with van der Waals surface area (Å²) in [5.41, 5.74) is 0. The minimum atomic E-state index is 0.683. The molecule has 1 rings (SSSR count). The van der Waals surface area contributed by atoms with Crippen LogP contribution in [0.25, 0.3) is 0 Å². The van der Waals surface area contributed by atoms with E-state index >= 15 is 0 Å².